The largest absolute Gasteiger partial charge is 0.459 e. The van der Waals surface area contributed by atoms with Crippen LogP contribution in [0, 0.1) is 17.8 Å². The third kappa shape index (κ3) is 8.36. The minimum absolute atomic E-state index is 0.106. The zero-order valence-electron chi connectivity index (χ0n) is 32.5. The van der Waals surface area contributed by atoms with Crippen LogP contribution < -0.4 is 0 Å². The summed E-state index contributed by atoms with van der Waals surface area (Å²) in [6.45, 7) is 7.86. The number of epoxide rings is 1. The zero-order chi connectivity index (χ0) is 40.8. The van der Waals surface area contributed by atoms with Gasteiger partial charge < -0.3 is 62.7 Å². The van der Waals surface area contributed by atoms with Gasteiger partial charge in [-0.05, 0) is 44.7 Å². The van der Waals surface area contributed by atoms with Crippen molar-refractivity contribution < 1.29 is 81.9 Å². The van der Waals surface area contributed by atoms with Gasteiger partial charge in [0.25, 0.3) is 0 Å². The Morgan fingerprint density at radius 2 is 1.47 bits per heavy atom. The van der Waals surface area contributed by atoms with Crippen LogP contribution in [0.5, 0.6) is 0 Å². The Bertz CT molecular complexity index is 1670. The van der Waals surface area contributed by atoms with Crippen molar-refractivity contribution >= 4 is 30.0 Å². The molecule has 5 saturated heterocycles. The van der Waals surface area contributed by atoms with E-state index < -0.39 is 115 Å². The summed E-state index contributed by atoms with van der Waals surface area (Å²) in [5.41, 5.74) is 0.105. The number of carbonyl (C=O) groups is 4. The Morgan fingerprint density at radius 3 is 2.16 bits per heavy atom. The average molecular weight is 805 g/mol. The molecule has 0 bridgehead atoms. The zero-order valence-corrected chi connectivity index (χ0v) is 32.5. The molecular formula is C40H52O17. The predicted molar refractivity (Wildman–Crippen MR) is 191 cm³/mol. The van der Waals surface area contributed by atoms with Gasteiger partial charge in [0.05, 0.1) is 37.4 Å². The first-order chi connectivity index (χ1) is 27.1. The maximum atomic E-state index is 13.9. The van der Waals surface area contributed by atoms with Crippen molar-refractivity contribution in [3.8, 4) is 0 Å². The Morgan fingerprint density at radius 1 is 0.789 bits per heavy atom. The number of benzene rings is 1. The first-order valence-electron chi connectivity index (χ1n) is 19.6. The van der Waals surface area contributed by atoms with E-state index in [1.54, 1.807) is 6.08 Å². The number of hydrogen-bond acceptors (Lipinski definition) is 17. The number of fused-ring (bicyclic) bond motifs is 3. The second-order valence-electron chi connectivity index (χ2n) is 16.0. The Balaban J connectivity index is 1.03. The second-order valence-corrected chi connectivity index (χ2v) is 16.0. The Labute approximate surface area is 329 Å². The van der Waals surface area contributed by atoms with Gasteiger partial charge in [0.1, 0.15) is 24.4 Å². The molecule has 314 valence electrons. The summed E-state index contributed by atoms with van der Waals surface area (Å²) in [6, 6.07) is 9.42. The van der Waals surface area contributed by atoms with E-state index in [2.05, 4.69) is 0 Å². The molecule has 6 aliphatic rings. The van der Waals surface area contributed by atoms with Crippen molar-refractivity contribution in [3.63, 3.8) is 0 Å². The fourth-order valence-corrected chi connectivity index (χ4v) is 8.89. The maximum Gasteiger partial charge on any atom is 0.331 e. The molecule has 5 heterocycles. The monoisotopic (exact) mass is 804 g/mol. The van der Waals surface area contributed by atoms with Gasteiger partial charge in [0, 0.05) is 38.2 Å². The van der Waals surface area contributed by atoms with Crippen molar-refractivity contribution in [1.29, 1.82) is 0 Å². The summed E-state index contributed by atoms with van der Waals surface area (Å²) in [4.78, 5) is 50.5. The molecule has 7 rings (SSSR count). The number of esters is 4. The van der Waals surface area contributed by atoms with Crippen molar-refractivity contribution in [2.75, 3.05) is 13.2 Å². The molecule has 17 heteroatoms. The highest BCUT2D eigenvalue weighted by molar-refractivity contribution is 5.87. The third-order valence-corrected chi connectivity index (χ3v) is 12.0. The van der Waals surface area contributed by atoms with Gasteiger partial charge in [-0.25, -0.2) is 4.79 Å². The highest BCUT2D eigenvalue weighted by Crippen LogP contribution is 2.62. The summed E-state index contributed by atoms with van der Waals surface area (Å²) < 4.78 is 59.2. The third-order valence-electron chi connectivity index (χ3n) is 12.0. The molecule has 0 unspecified atom stereocenters. The van der Waals surface area contributed by atoms with E-state index in [1.807, 2.05) is 37.3 Å². The van der Waals surface area contributed by atoms with Crippen molar-refractivity contribution in [1.82, 2.24) is 0 Å². The van der Waals surface area contributed by atoms with E-state index in [9.17, 15) is 34.5 Å². The summed E-state index contributed by atoms with van der Waals surface area (Å²) in [6.07, 6.45) is -10.6. The summed E-state index contributed by atoms with van der Waals surface area (Å²) in [7, 11) is 0. The number of carbonyl (C=O) groups excluding carboxylic acids is 4. The van der Waals surface area contributed by atoms with Crippen molar-refractivity contribution in [2.45, 2.75) is 145 Å². The molecule has 6 fully saturated rings. The average Bonchev–Trinajstić information content (AvgIpc) is 3.94. The van der Waals surface area contributed by atoms with Crippen LogP contribution in [0.25, 0.3) is 6.08 Å². The van der Waals surface area contributed by atoms with E-state index in [0.717, 1.165) is 19.4 Å². The van der Waals surface area contributed by atoms with Crippen LogP contribution in [-0.2, 0) is 66.5 Å². The molecule has 1 aliphatic carbocycles. The SMILES string of the molecule is CC(=O)O[C@@H]1[C@@H](O)[C@H](O[C@H]2[C@H](OC(=O)[C@@H]3CC[C@@H]4[C@H](C3)O[C@]3(C[C@H](OC(=O)/C=C/c5ccccc5)[C@H](C)CO3)[C@@]43CO3)O[C@H](C)[C@@H](OC(C)=O)[C@@H]2O)O[C@H](C)[C@H]1O. The van der Waals surface area contributed by atoms with Gasteiger partial charge >= 0.3 is 23.9 Å². The van der Waals surface area contributed by atoms with Gasteiger partial charge in [0.15, 0.2) is 30.2 Å². The van der Waals surface area contributed by atoms with Crippen LogP contribution in [0.1, 0.15) is 65.9 Å². The molecule has 1 saturated carbocycles. The number of rotatable bonds is 9. The van der Waals surface area contributed by atoms with Crippen molar-refractivity contribution in [3.05, 3.63) is 42.0 Å². The molecule has 57 heavy (non-hydrogen) atoms. The van der Waals surface area contributed by atoms with Crippen LogP contribution in [0.4, 0.5) is 0 Å². The lowest BCUT2D eigenvalue weighted by atomic mass is 9.72. The number of ether oxygens (including phenoxy) is 10. The lowest BCUT2D eigenvalue weighted by Gasteiger charge is -2.46. The van der Waals surface area contributed by atoms with Crippen LogP contribution in [0.3, 0.4) is 0 Å². The van der Waals surface area contributed by atoms with Crippen LogP contribution >= 0.6 is 0 Å². The molecule has 0 radical (unpaired) electrons. The molecule has 0 amide bonds. The Kier molecular flexibility index (Phi) is 12.1. The Hall–Kier alpha value is -3.52. The fraction of sp³-hybridized carbons (Fsp3) is 0.700. The van der Waals surface area contributed by atoms with E-state index in [-0.39, 0.29) is 31.3 Å². The second kappa shape index (κ2) is 16.6. The summed E-state index contributed by atoms with van der Waals surface area (Å²) in [5, 5.41) is 33.1. The smallest absolute Gasteiger partial charge is 0.331 e. The fourth-order valence-electron chi connectivity index (χ4n) is 8.89. The van der Waals surface area contributed by atoms with Gasteiger partial charge in [0.2, 0.25) is 12.1 Å². The normalized spacial score (nSPS) is 44.0. The molecular weight excluding hydrogens is 752 g/mol. The van der Waals surface area contributed by atoms with Crippen molar-refractivity contribution in [2.24, 2.45) is 17.8 Å². The highest BCUT2D eigenvalue weighted by atomic mass is 16.8. The van der Waals surface area contributed by atoms with Crippen LogP contribution in [-0.4, -0.2) is 137 Å². The predicted octanol–water partition coefficient (Wildman–Crippen LogP) is 1.31. The molecule has 2 spiro atoms. The van der Waals surface area contributed by atoms with Gasteiger partial charge in [-0.1, -0.05) is 37.3 Å². The highest BCUT2D eigenvalue weighted by Gasteiger charge is 2.76. The molecule has 17 nitrogen and oxygen atoms in total. The summed E-state index contributed by atoms with van der Waals surface area (Å²) in [5.74, 6) is -4.72. The number of aliphatic hydroxyl groups is 3. The maximum absolute atomic E-state index is 13.9. The molecule has 3 N–H and O–H groups in total. The lowest BCUT2D eigenvalue weighted by Crippen LogP contribution is -2.64. The molecule has 0 aromatic heterocycles. The van der Waals surface area contributed by atoms with E-state index in [4.69, 9.17) is 47.4 Å². The quantitative estimate of drug-likeness (QED) is 0.139. The van der Waals surface area contributed by atoms with E-state index in [1.165, 1.54) is 19.9 Å². The van der Waals surface area contributed by atoms with Crippen LogP contribution in [0.2, 0.25) is 0 Å². The molecule has 5 aliphatic heterocycles. The molecule has 1 aromatic rings. The number of aliphatic hydroxyl groups excluding tert-OH is 3. The van der Waals surface area contributed by atoms with Crippen LogP contribution in [0.15, 0.2) is 36.4 Å². The van der Waals surface area contributed by atoms with Gasteiger partial charge in [-0.3, -0.25) is 14.4 Å². The minimum Gasteiger partial charge on any atom is -0.459 e. The first kappa shape index (κ1) is 41.6. The molecule has 1 aromatic carbocycles. The van der Waals surface area contributed by atoms with E-state index in [0.29, 0.717) is 19.4 Å². The molecule has 17 atom stereocenters. The van der Waals surface area contributed by atoms with Gasteiger partial charge in [-0.2, -0.15) is 0 Å². The standard InChI is InChI=1S/C40H52O17/c1-19-17-48-40(16-28(19)54-29(43)14-11-24-9-7-6-8-10-24)39(18-49-39)26-13-12-25(15-27(26)57-40)36(47)56-38-35(31(45)33(21(3)51-38)52-22(4)41)55-37-32(46)34(53-23(5)42)30(44)20(2)50-37/h6-11,14,19-21,25-28,30-35,37-38,44-46H,12-13,15-18H2,1-5H3/b14-11+/t19-,20-,21-,25-,26-,27+,28+,30-,31+,32-,33-,34+,35-,37+,38+,39-,40-/m1/s1. The summed E-state index contributed by atoms with van der Waals surface area (Å²) >= 11 is 0. The number of hydrogen-bond donors (Lipinski definition) is 3. The lowest BCUT2D eigenvalue weighted by molar-refractivity contribution is -0.358. The minimum atomic E-state index is -1.73. The topological polar surface area (TPSA) is 225 Å². The van der Waals surface area contributed by atoms with Gasteiger partial charge in [-0.15, -0.1) is 0 Å². The first-order valence-corrected chi connectivity index (χ1v) is 19.6. The van der Waals surface area contributed by atoms with E-state index >= 15 is 0 Å².